The van der Waals surface area contributed by atoms with E-state index >= 15 is 0 Å². The Morgan fingerprint density at radius 2 is 1.71 bits per heavy atom. The van der Waals surface area contributed by atoms with E-state index in [9.17, 15) is 9.90 Å². The number of carbonyl (C=O) groups is 1. The molecule has 0 spiro atoms. The number of rotatable bonds is 3. The molecular weight excluding hydrogens is 337 g/mol. The number of carboxylic acids is 1. The van der Waals surface area contributed by atoms with Crippen LogP contribution in [0, 0.1) is 11.3 Å². The molecule has 0 atom stereocenters. The lowest BCUT2D eigenvalue weighted by atomic mass is 10.1. The van der Waals surface area contributed by atoms with Gasteiger partial charge in [-0.3, -0.25) is 0 Å². The average Bonchev–Trinajstić information content (AvgIpc) is 2.47. The summed E-state index contributed by atoms with van der Waals surface area (Å²) >= 11 is 17.9. The highest BCUT2D eigenvalue weighted by molar-refractivity contribution is 6.46. The summed E-state index contributed by atoms with van der Waals surface area (Å²) in [6.07, 6.45) is 0. The van der Waals surface area contributed by atoms with Crippen molar-refractivity contribution in [3.63, 3.8) is 0 Å². The Balaban J connectivity index is 2.68. The molecule has 4 nitrogen and oxygen atoms in total. The molecule has 0 radical (unpaired) electrons. The van der Waals surface area contributed by atoms with Crippen LogP contribution < -0.4 is 9.84 Å². The molecule has 0 aliphatic carbocycles. The molecule has 0 unspecified atom stereocenters. The zero-order chi connectivity index (χ0) is 15.6. The number of hydrogen-bond acceptors (Lipinski definition) is 4. The maximum absolute atomic E-state index is 11.2. The minimum Gasteiger partial charge on any atom is -0.545 e. The van der Waals surface area contributed by atoms with E-state index in [1.165, 1.54) is 0 Å². The molecule has 21 heavy (non-hydrogen) atoms. The Hall–Kier alpha value is -1.93. The third-order valence-electron chi connectivity index (χ3n) is 2.56. The number of carbonyl (C=O) groups excluding carboxylic acids is 1. The van der Waals surface area contributed by atoms with Crippen molar-refractivity contribution in [2.45, 2.75) is 0 Å². The first-order chi connectivity index (χ1) is 9.97. The first-order valence-electron chi connectivity index (χ1n) is 5.52. The number of ether oxygens (including phenoxy) is 1. The minimum atomic E-state index is -1.65. The second-order valence-electron chi connectivity index (χ2n) is 3.84. The molecule has 0 aliphatic heterocycles. The lowest BCUT2D eigenvalue weighted by Crippen LogP contribution is -2.24. The summed E-state index contributed by atoms with van der Waals surface area (Å²) in [5.74, 6) is -1.41. The van der Waals surface area contributed by atoms with Crippen molar-refractivity contribution in [2.75, 3.05) is 0 Å². The third kappa shape index (κ3) is 2.91. The zero-order valence-electron chi connectivity index (χ0n) is 10.2. The standard InChI is InChI=1S/C14H6Cl3NO3/c15-10-8(6-18)9(14(19)20)11(16)13(12(10)17)21-7-4-2-1-3-5-7/h1-5H,(H,19,20)/p-1. The van der Waals surface area contributed by atoms with Gasteiger partial charge in [0.05, 0.1) is 21.6 Å². The molecule has 0 amide bonds. The van der Waals surface area contributed by atoms with Gasteiger partial charge in [-0.25, -0.2) is 0 Å². The second kappa shape index (κ2) is 6.23. The van der Waals surface area contributed by atoms with Gasteiger partial charge in [0, 0.05) is 5.56 Å². The van der Waals surface area contributed by atoms with Gasteiger partial charge in [0.25, 0.3) is 0 Å². The number of nitrogens with zero attached hydrogens (tertiary/aromatic N) is 1. The predicted molar refractivity (Wildman–Crippen MR) is 77.0 cm³/mol. The number of halogens is 3. The summed E-state index contributed by atoms with van der Waals surface area (Å²) in [5, 5.41) is 19.4. The van der Waals surface area contributed by atoms with E-state index in [4.69, 9.17) is 44.8 Å². The van der Waals surface area contributed by atoms with Crippen LogP contribution in [0.5, 0.6) is 11.5 Å². The van der Waals surface area contributed by atoms with Gasteiger partial charge < -0.3 is 14.6 Å². The fraction of sp³-hybridized carbons (Fsp3) is 0. The molecule has 106 valence electrons. The van der Waals surface area contributed by atoms with Crippen molar-refractivity contribution in [2.24, 2.45) is 0 Å². The molecule has 0 saturated heterocycles. The SMILES string of the molecule is N#Cc1c(Cl)c(Cl)c(Oc2ccccc2)c(Cl)c1C(=O)[O-]. The number of hydrogen-bond donors (Lipinski definition) is 0. The van der Waals surface area contributed by atoms with Gasteiger partial charge in [-0.05, 0) is 12.1 Å². The van der Waals surface area contributed by atoms with Crippen LogP contribution in [0.25, 0.3) is 0 Å². The number of benzene rings is 2. The van der Waals surface area contributed by atoms with Crippen molar-refractivity contribution in [1.82, 2.24) is 0 Å². The number of aromatic carboxylic acids is 1. The van der Waals surface area contributed by atoms with Crippen LogP contribution in [0.3, 0.4) is 0 Å². The smallest absolute Gasteiger partial charge is 0.166 e. The van der Waals surface area contributed by atoms with Crippen LogP contribution in [0.2, 0.25) is 15.1 Å². The van der Waals surface area contributed by atoms with Crippen LogP contribution >= 0.6 is 34.8 Å². The topological polar surface area (TPSA) is 73.1 Å². The highest BCUT2D eigenvalue weighted by Crippen LogP contribution is 2.45. The van der Waals surface area contributed by atoms with Crippen LogP contribution in [0.1, 0.15) is 15.9 Å². The van der Waals surface area contributed by atoms with Crippen molar-refractivity contribution >= 4 is 40.8 Å². The first kappa shape index (κ1) is 15.5. The van der Waals surface area contributed by atoms with Gasteiger partial charge in [0.15, 0.2) is 5.75 Å². The van der Waals surface area contributed by atoms with Crippen LogP contribution in [-0.4, -0.2) is 5.97 Å². The van der Waals surface area contributed by atoms with E-state index in [2.05, 4.69) is 0 Å². The molecule has 0 saturated carbocycles. The van der Waals surface area contributed by atoms with Gasteiger partial charge in [-0.2, -0.15) is 5.26 Å². The maximum Gasteiger partial charge on any atom is 0.166 e. The normalized spacial score (nSPS) is 10.0. The lowest BCUT2D eigenvalue weighted by Gasteiger charge is -2.16. The maximum atomic E-state index is 11.2. The van der Waals surface area contributed by atoms with Gasteiger partial charge in [-0.1, -0.05) is 53.0 Å². The van der Waals surface area contributed by atoms with Crippen molar-refractivity contribution in [3.8, 4) is 17.6 Å². The summed E-state index contributed by atoms with van der Waals surface area (Å²) in [4.78, 5) is 11.2. The lowest BCUT2D eigenvalue weighted by molar-refractivity contribution is -0.255. The molecular formula is C14H5Cl3NO3-. The fourth-order valence-electron chi connectivity index (χ4n) is 1.63. The quantitative estimate of drug-likeness (QED) is 0.798. The Bertz CT molecular complexity index is 755. The third-order valence-corrected chi connectivity index (χ3v) is 3.76. The molecule has 2 aromatic rings. The van der Waals surface area contributed by atoms with Gasteiger partial charge >= 0.3 is 0 Å². The molecule has 0 heterocycles. The zero-order valence-corrected chi connectivity index (χ0v) is 12.5. The highest BCUT2D eigenvalue weighted by atomic mass is 35.5. The van der Waals surface area contributed by atoms with Crippen LogP contribution in [0.15, 0.2) is 30.3 Å². The Labute approximate surface area is 135 Å². The molecule has 2 rings (SSSR count). The van der Waals surface area contributed by atoms with Crippen molar-refractivity contribution in [1.29, 1.82) is 5.26 Å². The minimum absolute atomic E-state index is 0.146. The molecule has 0 N–H and O–H groups in total. The van der Waals surface area contributed by atoms with E-state index in [-0.39, 0.29) is 26.4 Å². The van der Waals surface area contributed by atoms with Crippen LogP contribution in [0.4, 0.5) is 0 Å². The number of nitriles is 1. The predicted octanol–water partition coefficient (Wildman–Crippen LogP) is 3.67. The summed E-state index contributed by atoms with van der Waals surface area (Å²) in [6, 6.07) is 10.1. The largest absolute Gasteiger partial charge is 0.545 e. The molecule has 0 aliphatic rings. The fourth-order valence-corrected chi connectivity index (χ4v) is 2.43. The van der Waals surface area contributed by atoms with E-state index in [1.54, 1.807) is 36.4 Å². The van der Waals surface area contributed by atoms with E-state index in [0.29, 0.717) is 5.75 Å². The van der Waals surface area contributed by atoms with E-state index in [1.807, 2.05) is 0 Å². The first-order valence-corrected chi connectivity index (χ1v) is 6.65. The number of para-hydroxylation sites is 1. The van der Waals surface area contributed by atoms with E-state index in [0.717, 1.165) is 0 Å². The monoisotopic (exact) mass is 340 g/mol. The summed E-state index contributed by atoms with van der Waals surface area (Å²) in [6.45, 7) is 0. The van der Waals surface area contributed by atoms with Gasteiger partial charge in [0.2, 0.25) is 0 Å². The highest BCUT2D eigenvalue weighted by Gasteiger charge is 2.23. The Morgan fingerprint density at radius 1 is 1.10 bits per heavy atom. The van der Waals surface area contributed by atoms with Crippen LogP contribution in [-0.2, 0) is 0 Å². The molecule has 0 aromatic heterocycles. The number of carboxylic acid groups (broad SMARTS) is 1. The van der Waals surface area contributed by atoms with E-state index < -0.39 is 11.5 Å². The second-order valence-corrected chi connectivity index (χ2v) is 4.97. The molecule has 0 bridgehead atoms. The van der Waals surface area contributed by atoms with Gasteiger partial charge in [-0.15, -0.1) is 0 Å². The summed E-state index contributed by atoms with van der Waals surface area (Å²) < 4.78 is 5.46. The average molecular weight is 342 g/mol. The molecule has 7 heteroatoms. The molecule has 2 aromatic carbocycles. The molecule has 0 fully saturated rings. The Kier molecular flexibility index (Phi) is 4.59. The summed E-state index contributed by atoms with van der Waals surface area (Å²) in [5.41, 5.74) is -0.924. The Morgan fingerprint density at radius 3 is 2.24 bits per heavy atom. The summed E-state index contributed by atoms with van der Waals surface area (Å²) in [7, 11) is 0. The van der Waals surface area contributed by atoms with Crippen molar-refractivity contribution in [3.05, 3.63) is 56.5 Å². The van der Waals surface area contributed by atoms with Gasteiger partial charge in [0.1, 0.15) is 16.8 Å². The van der Waals surface area contributed by atoms with Crippen molar-refractivity contribution < 1.29 is 14.6 Å².